The average Bonchev–Trinajstić information content (AvgIpc) is 3.20. The molecule has 4 unspecified atom stereocenters. The molecule has 224 valence electrons. The Labute approximate surface area is 256 Å². The molecule has 0 amide bonds. The molecule has 0 aliphatic carbocycles. The molecule has 0 spiro atoms. The maximum Gasteiger partial charge on any atom is 0.321 e. The number of benzene rings is 3. The lowest BCUT2D eigenvalue weighted by Crippen LogP contribution is -2.44. The number of anilines is 1. The van der Waals surface area contributed by atoms with E-state index in [2.05, 4.69) is 42.5 Å². The minimum Gasteiger partial charge on any atom is -0.480 e. The van der Waals surface area contributed by atoms with Crippen molar-refractivity contribution in [3.63, 3.8) is 0 Å². The summed E-state index contributed by atoms with van der Waals surface area (Å²) in [5, 5.41) is 23.4. The fourth-order valence-corrected chi connectivity index (χ4v) is 5.87. The van der Waals surface area contributed by atoms with Crippen LogP contribution in [0.2, 0.25) is 10.0 Å². The van der Waals surface area contributed by atoms with E-state index >= 15 is 8.78 Å². The number of hydrogen-bond donors (Lipinski definition) is 3. The predicted octanol–water partition coefficient (Wildman–Crippen LogP) is 7.01. The van der Waals surface area contributed by atoms with E-state index in [1.54, 1.807) is 0 Å². The van der Waals surface area contributed by atoms with Crippen molar-refractivity contribution >= 4 is 34.9 Å². The number of carboxylic acid groups (broad SMARTS) is 1. The van der Waals surface area contributed by atoms with Crippen molar-refractivity contribution in [1.82, 2.24) is 10.2 Å². The van der Waals surface area contributed by atoms with Crippen LogP contribution in [0.25, 0.3) is 0 Å². The van der Waals surface area contributed by atoms with Gasteiger partial charge in [-0.2, -0.15) is 5.26 Å². The van der Waals surface area contributed by atoms with E-state index in [1.165, 1.54) is 35.9 Å². The molecule has 1 heterocycles. The molecule has 6 nitrogen and oxygen atoms in total. The quantitative estimate of drug-likeness (QED) is 0.257. The first-order valence-electron chi connectivity index (χ1n) is 13.4. The van der Waals surface area contributed by atoms with E-state index < -0.39 is 41.0 Å². The summed E-state index contributed by atoms with van der Waals surface area (Å²) in [6.45, 7) is 6.76. The summed E-state index contributed by atoms with van der Waals surface area (Å²) >= 11 is 11.9. The number of carbonyl (C=O) groups is 1. The maximum atomic E-state index is 15.2. The number of nitrogens with zero attached hydrogens (tertiary/aromatic N) is 2. The van der Waals surface area contributed by atoms with Gasteiger partial charge in [-0.25, -0.2) is 8.78 Å². The highest BCUT2D eigenvalue weighted by Gasteiger charge is 2.61. The van der Waals surface area contributed by atoms with Crippen LogP contribution in [0.1, 0.15) is 49.8 Å². The standard InChI is InChI=1S/C23H22Cl2F2N2O2.C9H14N2/c1-22(2,3)10-17-23(11-28,14-8-7-12(24)9-16(14)26)18(20(29-17)21(30)31)13-5-4-6-15(25)19(13)27;1-11(2)7-8-3-5-9(10)6-4-8/h4-9,17-18,20,29H,10H2,1-3H3,(H,30,31);3-6H,7,10H2,1-2H3. The van der Waals surface area contributed by atoms with E-state index in [1.807, 2.05) is 32.9 Å². The Bertz CT molecular complexity index is 1450. The van der Waals surface area contributed by atoms with E-state index in [-0.39, 0.29) is 26.6 Å². The summed E-state index contributed by atoms with van der Waals surface area (Å²) in [6, 6.07) is 16.1. The number of nitriles is 1. The van der Waals surface area contributed by atoms with Gasteiger partial charge in [-0.15, -0.1) is 0 Å². The Morgan fingerprint density at radius 1 is 1.12 bits per heavy atom. The van der Waals surface area contributed by atoms with Crippen molar-refractivity contribution in [1.29, 1.82) is 5.26 Å². The molecule has 3 aromatic rings. The van der Waals surface area contributed by atoms with Crippen molar-refractivity contribution in [2.45, 2.75) is 57.2 Å². The topological polar surface area (TPSA) is 102 Å². The number of hydrogen-bond acceptors (Lipinski definition) is 5. The minimum atomic E-state index is -1.73. The highest BCUT2D eigenvalue weighted by Crippen LogP contribution is 2.52. The zero-order chi connectivity index (χ0) is 31.4. The van der Waals surface area contributed by atoms with Gasteiger partial charge in [0.2, 0.25) is 0 Å². The maximum absolute atomic E-state index is 15.2. The molecule has 4 N–H and O–H groups in total. The molecule has 4 rings (SSSR count). The third-order valence-electron chi connectivity index (χ3n) is 7.19. The van der Waals surface area contributed by atoms with Crippen LogP contribution in [0.3, 0.4) is 0 Å². The summed E-state index contributed by atoms with van der Waals surface area (Å²) in [5.74, 6) is -4.09. The van der Waals surface area contributed by atoms with E-state index in [0.29, 0.717) is 6.42 Å². The van der Waals surface area contributed by atoms with Crippen LogP contribution in [0, 0.1) is 28.4 Å². The lowest BCUT2D eigenvalue weighted by molar-refractivity contribution is -0.139. The van der Waals surface area contributed by atoms with Crippen LogP contribution in [-0.4, -0.2) is 42.2 Å². The number of nitrogens with one attached hydrogen (secondary N) is 1. The van der Waals surface area contributed by atoms with Crippen LogP contribution in [0.4, 0.5) is 14.5 Å². The molecule has 0 saturated carbocycles. The van der Waals surface area contributed by atoms with Gasteiger partial charge in [-0.1, -0.05) is 74.3 Å². The first-order chi connectivity index (χ1) is 19.6. The Kier molecular flexibility index (Phi) is 10.6. The SMILES string of the molecule is CC(C)(C)CC1NC(C(=O)O)C(c2cccc(Cl)c2F)C1(C#N)c1ccc(Cl)cc1F.CN(C)Cc1ccc(N)cc1. The molecule has 0 radical (unpaired) electrons. The number of nitrogen functional groups attached to an aromatic ring is 1. The first-order valence-corrected chi connectivity index (χ1v) is 14.1. The van der Waals surface area contributed by atoms with Crippen LogP contribution < -0.4 is 11.1 Å². The Morgan fingerprint density at radius 3 is 2.29 bits per heavy atom. The number of halogens is 4. The molecule has 1 aliphatic rings. The van der Waals surface area contributed by atoms with Gasteiger partial charge in [-0.05, 0) is 67.4 Å². The Balaban J connectivity index is 0.000000369. The van der Waals surface area contributed by atoms with Crippen molar-refractivity contribution < 1.29 is 18.7 Å². The van der Waals surface area contributed by atoms with Gasteiger partial charge in [0.15, 0.2) is 0 Å². The van der Waals surface area contributed by atoms with Gasteiger partial charge in [0, 0.05) is 34.8 Å². The third-order valence-corrected chi connectivity index (χ3v) is 7.72. The van der Waals surface area contributed by atoms with E-state index in [4.69, 9.17) is 28.9 Å². The molecule has 1 aliphatic heterocycles. The number of nitrogens with two attached hydrogens (primary N) is 1. The summed E-state index contributed by atoms with van der Waals surface area (Å²) in [7, 11) is 4.10. The van der Waals surface area contributed by atoms with Crippen LogP contribution >= 0.6 is 23.2 Å². The highest BCUT2D eigenvalue weighted by molar-refractivity contribution is 6.31. The van der Waals surface area contributed by atoms with Crippen LogP contribution in [-0.2, 0) is 16.8 Å². The molecule has 0 bridgehead atoms. The summed E-state index contributed by atoms with van der Waals surface area (Å²) in [5.41, 5.74) is 5.51. The fourth-order valence-electron chi connectivity index (χ4n) is 5.53. The van der Waals surface area contributed by atoms with Gasteiger partial charge in [0.25, 0.3) is 0 Å². The molecule has 1 saturated heterocycles. The van der Waals surface area contributed by atoms with Gasteiger partial charge in [0.1, 0.15) is 23.1 Å². The highest BCUT2D eigenvalue weighted by atomic mass is 35.5. The van der Waals surface area contributed by atoms with Crippen molar-refractivity contribution in [3.8, 4) is 6.07 Å². The molecular weight excluding hydrogens is 581 g/mol. The average molecular weight is 618 g/mol. The van der Waals surface area contributed by atoms with Crippen LogP contribution in [0.5, 0.6) is 0 Å². The van der Waals surface area contributed by atoms with Gasteiger partial charge in [0.05, 0.1) is 11.1 Å². The van der Waals surface area contributed by atoms with Gasteiger partial charge in [-0.3, -0.25) is 10.1 Å². The van der Waals surface area contributed by atoms with Crippen molar-refractivity contribution in [2.75, 3.05) is 19.8 Å². The lowest BCUT2D eigenvalue weighted by Gasteiger charge is -2.37. The Morgan fingerprint density at radius 2 is 1.76 bits per heavy atom. The number of carboxylic acids is 1. The molecule has 0 aromatic heterocycles. The molecule has 42 heavy (non-hydrogen) atoms. The number of aliphatic carboxylic acids is 1. The first kappa shape index (κ1) is 33.3. The fraction of sp³-hybridized carbons (Fsp3) is 0.375. The van der Waals surface area contributed by atoms with Crippen molar-refractivity contribution in [2.24, 2.45) is 5.41 Å². The van der Waals surface area contributed by atoms with Gasteiger partial charge >= 0.3 is 5.97 Å². The van der Waals surface area contributed by atoms with Gasteiger partial charge < -0.3 is 15.7 Å². The largest absolute Gasteiger partial charge is 0.480 e. The summed E-state index contributed by atoms with van der Waals surface area (Å²) < 4.78 is 30.3. The summed E-state index contributed by atoms with van der Waals surface area (Å²) in [4.78, 5) is 14.4. The molecule has 10 heteroatoms. The second kappa shape index (κ2) is 13.4. The van der Waals surface area contributed by atoms with Crippen LogP contribution in [0.15, 0.2) is 60.7 Å². The molecule has 3 aromatic carbocycles. The van der Waals surface area contributed by atoms with E-state index in [0.717, 1.165) is 18.3 Å². The minimum absolute atomic E-state index is 0.0331. The lowest BCUT2D eigenvalue weighted by atomic mass is 9.62. The second-order valence-electron chi connectivity index (χ2n) is 12.0. The van der Waals surface area contributed by atoms with E-state index in [9.17, 15) is 15.2 Å². The predicted molar refractivity (Wildman–Crippen MR) is 164 cm³/mol. The zero-order valence-corrected chi connectivity index (χ0v) is 25.8. The second-order valence-corrected chi connectivity index (χ2v) is 12.8. The third kappa shape index (κ3) is 7.40. The zero-order valence-electron chi connectivity index (χ0n) is 24.3. The van der Waals surface area contributed by atoms with Crippen molar-refractivity contribution in [3.05, 3.63) is 99.0 Å². The molecular formula is C32H36Cl2F2N4O2. The smallest absolute Gasteiger partial charge is 0.321 e. The monoisotopic (exact) mass is 616 g/mol. The Hall–Kier alpha value is -3.22. The molecule has 4 atom stereocenters. The molecule has 1 fully saturated rings. The number of rotatable bonds is 6. The summed E-state index contributed by atoms with van der Waals surface area (Å²) in [6.07, 6.45) is 0.338. The normalized spacial score (nSPS) is 21.9.